The van der Waals surface area contributed by atoms with Crippen LogP contribution in [0.5, 0.6) is 0 Å². The Morgan fingerprint density at radius 3 is 2.79 bits per heavy atom. The van der Waals surface area contributed by atoms with Gasteiger partial charge in [0.15, 0.2) is 0 Å². The third kappa shape index (κ3) is 8.87. The van der Waals surface area contributed by atoms with E-state index in [1.807, 2.05) is 13.8 Å². The number of carbonyl (C=O) groups excluding carboxylic acids is 1. The number of nitrogens with one attached hydrogen (secondary N) is 1. The van der Waals surface area contributed by atoms with Gasteiger partial charge in [-0.1, -0.05) is 19.0 Å². The lowest BCUT2D eigenvalue weighted by Crippen LogP contribution is -2.25. The van der Waals surface area contributed by atoms with Crippen molar-refractivity contribution in [1.82, 2.24) is 5.32 Å². The fraction of sp³-hybridized carbons (Fsp3) is 0.889. The van der Waals surface area contributed by atoms with Gasteiger partial charge in [0, 0.05) is 24.4 Å². The molecule has 0 rings (SSSR count). The average molecular weight is 198 g/mol. The summed E-state index contributed by atoms with van der Waals surface area (Å²) >= 11 is 0. The van der Waals surface area contributed by atoms with Crippen LogP contribution < -0.4 is 5.32 Å². The zero-order valence-electron chi connectivity index (χ0n) is 8.86. The maximum Gasteiger partial charge on any atom is 0.220 e. The van der Waals surface area contributed by atoms with Gasteiger partial charge in [0.05, 0.1) is 0 Å². The second-order valence-corrected chi connectivity index (χ2v) is 3.61. The number of nitrogens with zero attached hydrogens (tertiary/aromatic N) is 3. The first kappa shape index (κ1) is 12.8. The molecule has 0 atom stereocenters. The predicted molar refractivity (Wildman–Crippen MR) is 55.7 cm³/mol. The molecular weight excluding hydrogens is 180 g/mol. The van der Waals surface area contributed by atoms with Crippen molar-refractivity contribution >= 4 is 5.91 Å². The highest BCUT2D eigenvalue weighted by atomic mass is 16.1. The van der Waals surface area contributed by atoms with Crippen LogP contribution in [0.3, 0.4) is 0 Å². The van der Waals surface area contributed by atoms with Gasteiger partial charge in [0.1, 0.15) is 0 Å². The first-order chi connectivity index (χ1) is 6.66. The maximum absolute atomic E-state index is 11.1. The Morgan fingerprint density at radius 1 is 1.50 bits per heavy atom. The molecule has 0 saturated carbocycles. The fourth-order valence-electron chi connectivity index (χ4n) is 1.02. The van der Waals surface area contributed by atoms with Crippen molar-refractivity contribution in [2.24, 2.45) is 11.0 Å². The minimum Gasteiger partial charge on any atom is -0.356 e. The molecule has 5 heteroatoms. The van der Waals surface area contributed by atoms with E-state index in [-0.39, 0.29) is 5.91 Å². The van der Waals surface area contributed by atoms with Gasteiger partial charge in [-0.05, 0) is 24.3 Å². The minimum atomic E-state index is 0.101. The zero-order valence-corrected chi connectivity index (χ0v) is 8.86. The van der Waals surface area contributed by atoms with E-state index in [1.165, 1.54) is 0 Å². The summed E-state index contributed by atoms with van der Waals surface area (Å²) in [7, 11) is 0. The topological polar surface area (TPSA) is 77.9 Å². The summed E-state index contributed by atoms with van der Waals surface area (Å²) in [6.45, 7) is 5.21. The second kappa shape index (κ2) is 8.38. The summed E-state index contributed by atoms with van der Waals surface area (Å²) in [6.07, 6.45) is 2.27. The largest absolute Gasteiger partial charge is 0.356 e. The Morgan fingerprint density at radius 2 is 2.21 bits per heavy atom. The van der Waals surface area contributed by atoms with E-state index in [4.69, 9.17) is 5.53 Å². The number of amides is 1. The van der Waals surface area contributed by atoms with Crippen molar-refractivity contribution in [3.05, 3.63) is 10.4 Å². The molecule has 0 saturated heterocycles. The van der Waals surface area contributed by atoms with Gasteiger partial charge >= 0.3 is 0 Å². The minimum absolute atomic E-state index is 0.101. The van der Waals surface area contributed by atoms with Crippen LogP contribution in [0.15, 0.2) is 5.11 Å². The molecule has 1 amide bonds. The summed E-state index contributed by atoms with van der Waals surface area (Å²) in [5.41, 5.74) is 8.00. The Labute approximate surface area is 84.5 Å². The smallest absolute Gasteiger partial charge is 0.220 e. The summed E-state index contributed by atoms with van der Waals surface area (Å²) < 4.78 is 0. The molecule has 0 bridgehead atoms. The first-order valence-corrected chi connectivity index (χ1v) is 4.94. The van der Waals surface area contributed by atoms with E-state index in [1.54, 1.807) is 0 Å². The van der Waals surface area contributed by atoms with Crippen LogP contribution in [0.4, 0.5) is 0 Å². The third-order valence-corrected chi connectivity index (χ3v) is 1.66. The number of unbranched alkanes of at least 4 members (excludes halogenated alkanes) is 1. The fourth-order valence-corrected chi connectivity index (χ4v) is 1.02. The number of hydrogen-bond donors (Lipinski definition) is 1. The van der Waals surface area contributed by atoms with Gasteiger partial charge < -0.3 is 5.32 Å². The molecule has 0 radical (unpaired) electrons. The van der Waals surface area contributed by atoms with E-state index in [0.717, 1.165) is 12.8 Å². The van der Waals surface area contributed by atoms with E-state index >= 15 is 0 Å². The lowest BCUT2D eigenvalue weighted by atomic mass is 10.1. The van der Waals surface area contributed by atoms with Crippen molar-refractivity contribution < 1.29 is 4.79 Å². The lowest BCUT2D eigenvalue weighted by molar-refractivity contribution is -0.121. The van der Waals surface area contributed by atoms with Crippen molar-refractivity contribution in [3.63, 3.8) is 0 Å². The summed E-state index contributed by atoms with van der Waals surface area (Å²) in [5, 5.41) is 6.22. The van der Waals surface area contributed by atoms with Crippen molar-refractivity contribution in [2.75, 3.05) is 13.1 Å². The molecule has 0 aliphatic carbocycles. The van der Waals surface area contributed by atoms with Crippen molar-refractivity contribution in [2.45, 2.75) is 33.1 Å². The molecule has 0 aliphatic rings. The van der Waals surface area contributed by atoms with Crippen LogP contribution >= 0.6 is 0 Å². The number of azide groups is 1. The highest BCUT2D eigenvalue weighted by molar-refractivity contribution is 5.75. The molecule has 0 aliphatic heterocycles. The number of rotatable bonds is 7. The van der Waals surface area contributed by atoms with Gasteiger partial charge in [-0.2, -0.15) is 0 Å². The van der Waals surface area contributed by atoms with Crippen molar-refractivity contribution in [3.8, 4) is 0 Å². The Hall–Kier alpha value is -1.22. The monoisotopic (exact) mass is 198 g/mol. The molecule has 1 N–H and O–H groups in total. The molecular formula is C9H18N4O. The number of hydrogen-bond acceptors (Lipinski definition) is 2. The van der Waals surface area contributed by atoms with Crippen LogP contribution in [-0.4, -0.2) is 19.0 Å². The summed E-state index contributed by atoms with van der Waals surface area (Å²) in [6, 6.07) is 0. The van der Waals surface area contributed by atoms with Crippen LogP contribution in [0, 0.1) is 5.92 Å². The maximum atomic E-state index is 11.1. The van der Waals surface area contributed by atoms with Gasteiger partial charge in [-0.3, -0.25) is 4.79 Å². The molecule has 14 heavy (non-hydrogen) atoms. The molecule has 0 heterocycles. The molecule has 0 fully saturated rings. The van der Waals surface area contributed by atoms with Crippen molar-refractivity contribution in [1.29, 1.82) is 0 Å². The van der Waals surface area contributed by atoms with Crippen LogP contribution in [0.1, 0.15) is 33.1 Å². The van der Waals surface area contributed by atoms with Crippen LogP contribution in [-0.2, 0) is 4.79 Å². The van der Waals surface area contributed by atoms with E-state index in [2.05, 4.69) is 15.3 Å². The third-order valence-electron chi connectivity index (χ3n) is 1.66. The molecule has 0 aromatic heterocycles. The molecule has 5 nitrogen and oxygen atoms in total. The summed E-state index contributed by atoms with van der Waals surface area (Å²) in [5.74, 6) is 0.502. The molecule has 0 aromatic carbocycles. The summed E-state index contributed by atoms with van der Waals surface area (Å²) in [4.78, 5) is 13.8. The van der Waals surface area contributed by atoms with Crippen LogP contribution in [0.25, 0.3) is 10.4 Å². The Balaban J connectivity index is 3.27. The van der Waals surface area contributed by atoms with E-state index in [9.17, 15) is 4.79 Å². The Bertz CT molecular complexity index is 209. The van der Waals surface area contributed by atoms with Crippen LogP contribution in [0.2, 0.25) is 0 Å². The normalized spacial score (nSPS) is 9.64. The van der Waals surface area contributed by atoms with Gasteiger partial charge in [0.25, 0.3) is 0 Å². The quantitative estimate of drug-likeness (QED) is 0.289. The SMILES string of the molecule is CC(C)CC(=O)NCCCCN=[N+]=[N-]. The molecule has 0 spiro atoms. The highest BCUT2D eigenvalue weighted by Crippen LogP contribution is 1.98. The van der Waals surface area contributed by atoms with Gasteiger partial charge in [0.2, 0.25) is 5.91 Å². The molecule has 0 aromatic rings. The first-order valence-electron chi connectivity index (χ1n) is 4.94. The molecule has 80 valence electrons. The second-order valence-electron chi connectivity index (χ2n) is 3.61. The standard InChI is InChI=1S/C9H18N4O/c1-8(2)7-9(14)11-5-3-4-6-12-13-10/h8H,3-7H2,1-2H3,(H,11,14). The zero-order chi connectivity index (χ0) is 10.8. The predicted octanol–water partition coefficient (Wildman–Crippen LogP) is 2.24. The lowest BCUT2D eigenvalue weighted by Gasteiger charge is -2.05. The van der Waals surface area contributed by atoms with Gasteiger partial charge in [-0.25, -0.2) is 0 Å². The molecule has 0 unspecified atom stereocenters. The van der Waals surface area contributed by atoms with E-state index in [0.29, 0.717) is 25.4 Å². The number of carbonyl (C=O) groups is 1. The average Bonchev–Trinajstić information content (AvgIpc) is 2.10. The Kier molecular flexibility index (Phi) is 7.65. The van der Waals surface area contributed by atoms with E-state index < -0.39 is 0 Å². The van der Waals surface area contributed by atoms with Gasteiger partial charge in [-0.15, -0.1) is 0 Å². The highest BCUT2D eigenvalue weighted by Gasteiger charge is 2.02.